The van der Waals surface area contributed by atoms with Gasteiger partial charge in [-0.25, -0.2) is 13.4 Å². The number of anilines is 1. The summed E-state index contributed by atoms with van der Waals surface area (Å²) >= 11 is 7.60. The molecule has 0 saturated heterocycles. The molecule has 0 atom stereocenters. The van der Waals surface area contributed by atoms with E-state index in [9.17, 15) is 13.2 Å². The Bertz CT molecular complexity index is 1090. The summed E-state index contributed by atoms with van der Waals surface area (Å²) in [6.07, 6.45) is 0. The van der Waals surface area contributed by atoms with Crippen molar-refractivity contribution in [3.63, 3.8) is 0 Å². The van der Waals surface area contributed by atoms with Crippen LogP contribution in [0.4, 0.5) is 5.13 Å². The maximum Gasteiger partial charge on any atom is 0.244 e. The van der Waals surface area contributed by atoms with E-state index >= 15 is 0 Å². The van der Waals surface area contributed by atoms with Crippen molar-refractivity contribution in [2.45, 2.75) is 11.8 Å². The summed E-state index contributed by atoms with van der Waals surface area (Å²) in [7, 11) is 0.0317. The molecule has 0 saturated carbocycles. The minimum Gasteiger partial charge on any atom is -0.308 e. The van der Waals surface area contributed by atoms with E-state index in [1.165, 1.54) is 28.4 Å². The van der Waals surface area contributed by atoms with Gasteiger partial charge in [-0.3, -0.25) is 9.69 Å². The zero-order valence-electron chi connectivity index (χ0n) is 16.4. The monoisotopic (exact) mass is 451 g/mol. The standard InChI is InChI=1S/C20H22ClN3O3S2/c1-14-9-10-16(21)19-18(14)22-20(28-19)24(12-11-23(2)3)17(25)13-29(26,27)15-7-5-4-6-8-15/h4-10H,11-13H2,1-3H3. The van der Waals surface area contributed by atoms with Gasteiger partial charge in [-0.2, -0.15) is 0 Å². The van der Waals surface area contributed by atoms with E-state index < -0.39 is 21.5 Å². The fraction of sp³-hybridized carbons (Fsp3) is 0.300. The Balaban J connectivity index is 1.96. The highest BCUT2D eigenvalue weighted by molar-refractivity contribution is 7.92. The van der Waals surface area contributed by atoms with Crippen molar-refractivity contribution in [2.24, 2.45) is 0 Å². The highest BCUT2D eigenvalue weighted by Gasteiger charge is 2.27. The van der Waals surface area contributed by atoms with Crippen molar-refractivity contribution < 1.29 is 13.2 Å². The third kappa shape index (κ3) is 4.95. The van der Waals surface area contributed by atoms with Crippen molar-refractivity contribution in [1.29, 1.82) is 0 Å². The Morgan fingerprint density at radius 3 is 2.41 bits per heavy atom. The van der Waals surface area contributed by atoms with Gasteiger partial charge in [-0.1, -0.05) is 47.2 Å². The fourth-order valence-electron chi connectivity index (χ4n) is 2.78. The van der Waals surface area contributed by atoms with Crippen LogP contribution in [-0.4, -0.2) is 57.1 Å². The molecule has 3 aromatic rings. The summed E-state index contributed by atoms with van der Waals surface area (Å²) in [5.74, 6) is -1.13. The minimum absolute atomic E-state index is 0.129. The number of fused-ring (bicyclic) bond motifs is 1. The minimum atomic E-state index is -3.75. The number of hydrogen-bond acceptors (Lipinski definition) is 6. The molecule has 0 radical (unpaired) electrons. The highest BCUT2D eigenvalue weighted by Crippen LogP contribution is 2.35. The first-order valence-corrected chi connectivity index (χ1v) is 11.8. The van der Waals surface area contributed by atoms with E-state index in [1.807, 2.05) is 32.0 Å². The first-order valence-electron chi connectivity index (χ1n) is 8.97. The number of rotatable bonds is 7. The smallest absolute Gasteiger partial charge is 0.244 e. The number of nitrogens with zero attached hydrogens (tertiary/aromatic N) is 3. The number of sulfone groups is 1. The Kier molecular flexibility index (Phi) is 6.58. The molecule has 0 bridgehead atoms. The van der Waals surface area contributed by atoms with Crippen molar-refractivity contribution in [1.82, 2.24) is 9.88 Å². The lowest BCUT2D eigenvalue weighted by Gasteiger charge is -2.22. The predicted molar refractivity (Wildman–Crippen MR) is 119 cm³/mol. The number of aromatic nitrogens is 1. The summed E-state index contributed by atoms with van der Waals surface area (Å²) in [5.41, 5.74) is 1.68. The topological polar surface area (TPSA) is 70.6 Å². The Morgan fingerprint density at radius 1 is 1.10 bits per heavy atom. The number of halogens is 1. The van der Waals surface area contributed by atoms with Crippen LogP contribution in [0.3, 0.4) is 0 Å². The van der Waals surface area contributed by atoms with Crippen molar-refractivity contribution in [3.8, 4) is 0 Å². The van der Waals surface area contributed by atoms with Crippen LogP contribution < -0.4 is 4.90 Å². The lowest BCUT2D eigenvalue weighted by molar-refractivity contribution is -0.116. The molecule has 1 amide bonds. The maximum atomic E-state index is 13.1. The van der Waals surface area contributed by atoms with E-state index in [1.54, 1.807) is 24.3 Å². The molecule has 6 nitrogen and oxygen atoms in total. The first kappa shape index (κ1) is 21.7. The number of thiazole rings is 1. The summed E-state index contributed by atoms with van der Waals surface area (Å²) in [5, 5.41) is 1.01. The van der Waals surface area contributed by atoms with Crippen LogP contribution in [0, 0.1) is 6.92 Å². The molecule has 0 spiro atoms. The van der Waals surface area contributed by atoms with Crippen LogP contribution in [0.25, 0.3) is 10.2 Å². The summed E-state index contributed by atoms with van der Waals surface area (Å²) in [4.78, 5) is 21.2. The maximum absolute atomic E-state index is 13.1. The number of carbonyl (C=O) groups excluding carboxylic acids is 1. The van der Waals surface area contributed by atoms with Crippen LogP contribution in [0.5, 0.6) is 0 Å². The number of amides is 1. The summed E-state index contributed by atoms with van der Waals surface area (Å²) in [6, 6.07) is 11.7. The molecule has 2 aromatic carbocycles. The van der Waals surface area contributed by atoms with E-state index in [2.05, 4.69) is 4.98 Å². The first-order chi connectivity index (χ1) is 13.7. The van der Waals surface area contributed by atoms with Crippen LogP contribution in [-0.2, 0) is 14.6 Å². The van der Waals surface area contributed by atoms with Gasteiger partial charge in [0.1, 0.15) is 5.75 Å². The third-order valence-corrected chi connectivity index (χ3v) is 7.56. The Morgan fingerprint density at radius 2 is 1.79 bits per heavy atom. The van der Waals surface area contributed by atoms with Gasteiger partial charge in [-0.05, 0) is 44.8 Å². The average Bonchev–Trinajstić information content (AvgIpc) is 3.11. The molecule has 9 heteroatoms. The van der Waals surface area contributed by atoms with E-state index in [0.29, 0.717) is 23.2 Å². The second-order valence-corrected chi connectivity index (χ2v) is 10.3. The molecule has 0 unspecified atom stereocenters. The molecular weight excluding hydrogens is 430 g/mol. The Labute approximate surface area is 179 Å². The predicted octanol–water partition coefficient (Wildman–Crippen LogP) is 3.63. The van der Waals surface area contributed by atoms with E-state index in [-0.39, 0.29) is 4.90 Å². The number of benzene rings is 2. The molecule has 0 aliphatic heterocycles. The lowest BCUT2D eigenvalue weighted by atomic mass is 10.2. The van der Waals surface area contributed by atoms with Gasteiger partial charge in [0, 0.05) is 13.1 Å². The molecule has 0 fully saturated rings. The molecule has 1 heterocycles. The van der Waals surface area contributed by atoms with Gasteiger partial charge in [0.2, 0.25) is 5.91 Å². The molecule has 29 heavy (non-hydrogen) atoms. The van der Waals surface area contributed by atoms with Crippen molar-refractivity contribution in [2.75, 3.05) is 37.8 Å². The molecule has 0 aliphatic carbocycles. The van der Waals surface area contributed by atoms with Crippen LogP contribution in [0.15, 0.2) is 47.4 Å². The van der Waals surface area contributed by atoms with E-state index in [4.69, 9.17) is 11.6 Å². The quantitative estimate of drug-likeness (QED) is 0.548. The molecule has 3 rings (SSSR count). The fourth-order valence-corrected chi connectivity index (χ4v) is 5.36. The van der Waals surface area contributed by atoms with Gasteiger partial charge in [0.25, 0.3) is 0 Å². The highest BCUT2D eigenvalue weighted by atomic mass is 35.5. The van der Waals surface area contributed by atoms with Gasteiger partial charge in [-0.15, -0.1) is 0 Å². The van der Waals surface area contributed by atoms with Crippen LogP contribution >= 0.6 is 22.9 Å². The van der Waals surface area contributed by atoms with Crippen molar-refractivity contribution in [3.05, 3.63) is 53.1 Å². The summed E-state index contributed by atoms with van der Waals surface area (Å²) in [6.45, 7) is 2.82. The SMILES string of the molecule is Cc1ccc(Cl)c2sc(N(CCN(C)C)C(=O)CS(=O)(=O)c3ccccc3)nc12. The van der Waals surface area contributed by atoms with Gasteiger partial charge < -0.3 is 4.90 Å². The van der Waals surface area contributed by atoms with E-state index in [0.717, 1.165) is 15.8 Å². The molecule has 1 aromatic heterocycles. The average molecular weight is 452 g/mol. The second-order valence-electron chi connectivity index (χ2n) is 6.96. The van der Waals surface area contributed by atoms with Gasteiger partial charge >= 0.3 is 0 Å². The van der Waals surface area contributed by atoms with Crippen LogP contribution in [0.1, 0.15) is 5.56 Å². The number of hydrogen-bond donors (Lipinski definition) is 0. The third-order valence-electron chi connectivity index (χ3n) is 4.40. The molecule has 154 valence electrons. The van der Waals surface area contributed by atoms with Gasteiger partial charge in [0.15, 0.2) is 15.0 Å². The van der Waals surface area contributed by atoms with Crippen molar-refractivity contribution >= 4 is 54.0 Å². The Hall–Kier alpha value is -2.00. The van der Waals surface area contributed by atoms with Crippen LogP contribution in [0.2, 0.25) is 5.02 Å². The lowest BCUT2D eigenvalue weighted by Crippen LogP contribution is -2.40. The second kappa shape index (κ2) is 8.79. The zero-order valence-corrected chi connectivity index (χ0v) is 18.8. The molecule has 0 aliphatic rings. The number of carbonyl (C=O) groups is 1. The van der Waals surface area contributed by atoms with Gasteiger partial charge in [0.05, 0.1) is 20.1 Å². The molecule has 0 N–H and O–H groups in total. The largest absolute Gasteiger partial charge is 0.308 e. The zero-order chi connectivity index (χ0) is 21.2. The number of aryl methyl sites for hydroxylation is 1. The summed E-state index contributed by atoms with van der Waals surface area (Å²) < 4.78 is 26.2. The normalized spacial score (nSPS) is 11.9. The molecular formula is C20H22ClN3O3S2. The number of likely N-dealkylation sites (N-methyl/N-ethyl adjacent to an activating group) is 1.